The van der Waals surface area contributed by atoms with Crippen molar-refractivity contribution in [2.45, 2.75) is 66.1 Å². The van der Waals surface area contributed by atoms with Gasteiger partial charge in [-0.3, -0.25) is 9.59 Å². The van der Waals surface area contributed by atoms with Gasteiger partial charge in [-0.25, -0.2) is 0 Å². The van der Waals surface area contributed by atoms with Crippen LogP contribution >= 0.6 is 11.6 Å². The lowest BCUT2D eigenvalue weighted by Crippen LogP contribution is -2.41. The van der Waals surface area contributed by atoms with Gasteiger partial charge in [0.05, 0.1) is 24.9 Å². The molecule has 0 spiro atoms. The summed E-state index contributed by atoms with van der Waals surface area (Å²) in [7, 11) is 0. The van der Waals surface area contributed by atoms with Gasteiger partial charge in [0.15, 0.2) is 5.41 Å². The summed E-state index contributed by atoms with van der Waals surface area (Å²) in [5, 5.41) is 0. The third kappa shape index (κ3) is 6.97. The number of alkyl halides is 1. The molecule has 0 fully saturated rings. The van der Waals surface area contributed by atoms with E-state index in [9.17, 15) is 9.59 Å². The number of hydrogen-bond donors (Lipinski definition) is 0. The molecule has 0 bridgehead atoms. The molecule has 0 heterocycles. The van der Waals surface area contributed by atoms with Gasteiger partial charge in [-0.2, -0.15) is 0 Å². The lowest BCUT2D eigenvalue weighted by atomic mass is 9.84. The molecule has 0 saturated carbocycles. The number of ether oxygens (including phenoxy) is 3. The van der Waals surface area contributed by atoms with E-state index in [1.807, 2.05) is 20.8 Å². The van der Waals surface area contributed by atoms with Crippen molar-refractivity contribution >= 4 is 23.5 Å². The van der Waals surface area contributed by atoms with Gasteiger partial charge in [0.25, 0.3) is 0 Å². The zero-order valence-corrected chi connectivity index (χ0v) is 15.3. The topological polar surface area (TPSA) is 61.8 Å². The monoisotopic (exact) mass is 336 g/mol. The highest BCUT2D eigenvalue weighted by Gasteiger charge is 2.44. The smallest absolute Gasteiger partial charge is 0.323 e. The Bertz CT molecular complexity index is 344. The average Bonchev–Trinajstić information content (AvgIpc) is 2.42. The van der Waals surface area contributed by atoms with Gasteiger partial charge in [-0.1, -0.05) is 0 Å². The highest BCUT2D eigenvalue weighted by molar-refractivity contribution is 6.18. The lowest BCUT2D eigenvalue weighted by molar-refractivity contribution is -0.172. The Morgan fingerprint density at radius 3 is 1.77 bits per heavy atom. The molecule has 0 aliphatic rings. The Hall–Kier alpha value is -0.810. The molecule has 0 saturated heterocycles. The fourth-order valence-corrected chi connectivity index (χ4v) is 2.20. The van der Waals surface area contributed by atoms with Crippen molar-refractivity contribution in [2.75, 3.05) is 19.1 Å². The number of hydrogen-bond acceptors (Lipinski definition) is 5. The van der Waals surface area contributed by atoms with Crippen LogP contribution < -0.4 is 0 Å². The van der Waals surface area contributed by atoms with Crippen molar-refractivity contribution in [1.82, 2.24) is 0 Å². The molecule has 5 nitrogen and oxygen atoms in total. The summed E-state index contributed by atoms with van der Waals surface area (Å²) in [6.45, 7) is 11.2. The molecule has 1 atom stereocenters. The summed E-state index contributed by atoms with van der Waals surface area (Å²) in [4.78, 5) is 24.3. The number of halogens is 1. The molecule has 0 aliphatic carbocycles. The van der Waals surface area contributed by atoms with Crippen molar-refractivity contribution in [2.24, 2.45) is 5.41 Å². The van der Waals surface area contributed by atoms with Crippen LogP contribution in [0.1, 0.15) is 54.4 Å². The zero-order chi connectivity index (χ0) is 17.4. The summed E-state index contributed by atoms with van der Waals surface area (Å²) in [6, 6.07) is 0. The largest absolute Gasteiger partial charge is 0.465 e. The van der Waals surface area contributed by atoms with E-state index >= 15 is 0 Å². The molecule has 6 heteroatoms. The second-order valence-corrected chi connectivity index (χ2v) is 6.63. The van der Waals surface area contributed by atoms with Crippen LogP contribution in [0.25, 0.3) is 0 Å². The first kappa shape index (κ1) is 21.2. The van der Waals surface area contributed by atoms with E-state index in [-0.39, 0.29) is 31.3 Å². The predicted molar refractivity (Wildman–Crippen MR) is 86.0 cm³/mol. The van der Waals surface area contributed by atoms with Crippen LogP contribution in [0.4, 0.5) is 0 Å². The number of esters is 2. The van der Waals surface area contributed by atoms with Gasteiger partial charge in [0, 0.05) is 5.88 Å². The summed E-state index contributed by atoms with van der Waals surface area (Å²) < 4.78 is 15.9. The van der Waals surface area contributed by atoms with Gasteiger partial charge in [0.1, 0.15) is 0 Å². The van der Waals surface area contributed by atoms with E-state index in [0.29, 0.717) is 12.3 Å². The zero-order valence-electron chi connectivity index (χ0n) is 14.5. The average molecular weight is 337 g/mol. The Morgan fingerprint density at radius 1 is 1.00 bits per heavy atom. The molecule has 0 N–H and O–H groups in total. The van der Waals surface area contributed by atoms with Crippen LogP contribution in [0.15, 0.2) is 0 Å². The van der Waals surface area contributed by atoms with Crippen molar-refractivity contribution in [3.8, 4) is 0 Å². The molecule has 0 aromatic rings. The molecule has 130 valence electrons. The van der Waals surface area contributed by atoms with Gasteiger partial charge in [0.2, 0.25) is 0 Å². The maximum Gasteiger partial charge on any atom is 0.323 e. The van der Waals surface area contributed by atoms with Gasteiger partial charge < -0.3 is 14.2 Å². The number of carbonyl (C=O) groups excluding carboxylic acids is 2. The number of carbonyl (C=O) groups is 2. The van der Waals surface area contributed by atoms with Gasteiger partial charge in [-0.15, -0.1) is 11.6 Å². The first-order valence-electron chi connectivity index (χ1n) is 7.69. The molecular formula is C16H29ClO5. The van der Waals surface area contributed by atoms with E-state index in [0.717, 1.165) is 0 Å². The predicted octanol–water partition coefficient (Wildman–Crippen LogP) is 3.32. The summed E-state index contributed by atoms with van der Waals surface area (Å²) in [5.74, 6) is -0.853. The van der Waals surface area contributed by atoms with Crippen LogP contribution in [-0.2, 0) is 23.8 Å². The van der Waals surface area contributed by atoms with Crippen molar-refractivity contribution in [1.29, 1.82) is 0 Å². The van der Waals surface area contributed by atoms with Crippen molar-refractivity contribution in [3.05, 3.63) is 0 Å². The van der Waals surface area contributed by atoms with E-state index in [4.69, 9.17) is 25.8 Å². The second-order valence-electron chi connectivity index (χ2n) is 6.32. The third-order valence-corrected chi connectivity index (χ3v) is 3.45. The molecule has 0 amide bonds. The second kappa shape index (κ2) is 9.36. The molecular weight excluding hydrogens is 308 g/mol. The van der Waals surface area contributed by atoms with E-state index < -0.39 is 17.4 Å². The Balaban J connectivity index is 4.97. The van der Waals surface area contributed by atoms with Gasteiger partial charge in [-0.05, 0) is 54.4 Å². The molecule has 22 heavy (non-hydrogen) atoms. The van der Waals surface area contributed by atoms with E-state index in [1.165, 1.54) is 0 Å². The fourth-order valence-electron chi connectivity index (χ4n) is 1.99. The maximum atomic E-state index is 12.2. The minimum atomic E-state index is -1.34. The highest BCUT2D eigenvalue weighted by Crippen LogP contribution is 2.30. The van der Waals surface area contributed by atoms with Crippen molar-refractivity contribution < 1.29 is 23.8 Å². The molecule has 0 rings (SSSR count). The van der Waals surface area contributed by atoms with E-state index in [1.54, 1.807) is 20.8 Å². The van der Waals surface area contributed by atoms with Crippen molar-refractivity contribution in [3.63, 3.8) is 0 Å². The Labute approximate surface area is 138 Å². The number of rotatable bonds is 9. The van der Waals surface area contributed by atoms with Gasteiger partial charge >= 0.3 is 11.9 Å². The fraction of sp³-hybridized carbons (Fsp3) is 0.875. The SMILES string of the molecule is CCOC(=O)C(C)(CC[C@@H](CCl)OC(C)(C)C)C(=O)OCC. The minimum absolute atomic E-state index is 0.214. The Kier molecular flexibility index (Phi) is 9.01. The normalized spacial score (nSPS) is 13.6. The van der Waals surface area contributed by atoms with E-state index in [2.05, 4.69) is 0 Å². The highest BCUT2D eigenvalue weighted by atomic mass is 35.5. The van der Waals surface area contributed by atoms with Crippen LogP contribution in [0, 0.1) is 5.41 Å². The van der Waals surface area contributed by atoms with Crippen LogP contribution in [0.3, 0.4) is 0 Å². The third-order valence-electron chi connectivity index (χ3n) is 3.11. The Morgan fingerprint density at radius 2 is 1.45 bits per heavy atom. The molecule has 0 aliphatic heterocycles. The van der Waals surface area contributed by atoms with Crippen LogP contribution in [0.5, 0.6) is 0 Å². The summed E-state index contributed by atoms with van der Waals surface area (Å²) in [6.07, 6.45) is 0.484. The first-order chi connectivity index (χ1) is 10.1. The summed E-state index contributed by atoms with van der Waals surface area (Å²) in [5.41, 5.74) is -1.68. The molecule has 0 aromatic heterocycles. The molecule has 0 unspecified atom stereocenters. The molecule has 0 radical (unpaired) electrons. The van der Waals surface area contributed by atoms with Crippen LogP contribution in [0.2, 0.25) is 0 Å². The first-order valence-corrected chi connectivity index (χ1v) is 8.22. The lowest BCUT2D eigenvalue weighted by Gasteiger charge is -2.30. The minimum Gasteiger partial charge on any atom is -0.465 e. The summed E-state index contributed by atoms with van der Waals surface area (Å²) >= 11 is 5.93. The quantitative estimate of drug-likeness (QED) is 0.367. The van der Waals surface area contributed by atoms with Crippen LogP contribution in [-0.4, -0.2) is 42.7 Å². The standard InChI is InChI=1S/C16H29ClO5/c1-7-20-13(18)16(6,14(19)21-8-2)10-9-12(11-17)22-15(3,4)5/h12H,7-11H2,1-6H3/t12-/m0/s1. The maximum absolute atomic E-state index is 12.2. The molecule has 0 aromatic carbocycles.